The summed E-state index contributed by atoms with van der Waals surface area (Å²) < 4.78 is 1.84. The molecule has 1 nitrogen and oxygen atoms in total. The monoisotopic (exact) mass is 221 g/mol. The van der Waals surface area contributed by atoms with Gasteiger partial charge in [0.25, 0.3) is 0 Å². The molecule has 0 radical (unpaired) electrons. The van der Waals surface area contributed by atoms with Crippen LogP contribution in [-0.2, 0) is 6.42 Å². The van der Waals surface area contributed by atoms with Crippen molar-refractivity contribution < 1.29 is 0 Å². The summed E-state index contributed by atoms with van der Waals surface area (Å²) in [5.41, 5.74) is 2.97. The minimum Gasteiger partial charge on any atom is -0.216 e. The van der Waals surface area contributed by atoms with Crippen molar-refractivity contribution >= 4 is 11.8 Å². The molecule has 0 aliphatic carbocycles. The maximum absolute atomic E-state index is 5.89. The second-order valence-corrected chi connectivity index (χ2v) is 4.44. The molecule has 0 atom stereocenters. The lowest BCUT2D eigenvalue weighted by Gasteiger charge is -2.19. The number of rotatable bonds is 3. The highest BCUT2D eigenvalue weighted by molar-refractivity contribution is 6.13. The zero-order chi connectivity index (χ0) is 10.5. The van der Waals surface area contributed by atoms with E-state index in [0.29, 0.717) is 0 Å². The molecule has 1 aromatic carbocycles. The van der Waals surface area contributed by atoms with Crippen molar-refractivity contribution in [2.75, 3.05) is 13.1 Å². The molecule has 0 spiro atoms. The van der Waals surface area contributed by atoms with Crippen molar-refractivity contribution in [3.63, 3.8) is 0 Å². The normalized spacial score (nSPS) is 17.5. The topological polar surface area (TPSA) is 3.24 Å². The molecule has 0 unspecified atom stereocenters. The third kappa shape index (κ3) is 3.37. The van der Waals surface area contributed by atoms with Crippen molar-refractivity contribution in [3.8, 4) is 0 Å². The van der Waals surface area contributed by atoms with Gasteiger partial charge in [0.1, 0.15) is 0 Å². The highest BCUT2D eigenvalue weighted by Gasteiger charge is 2.08. The lowest BCUT2D eigenvalue weighted by atomic mass is 10.0. The van der Waals surface area contributed by atoms with Gasteiger partial charge in [0.05, 0.1) is 0 Å². The average Bonchev–Trinajstić information content (AvgIpc) is 2.30. The Bertz CT molecular complexity index is 332. The Morgan fingerprint density at radius 2 is 1.93 bits per heavy atom. The Morgan fingerprint density at radius 1 is 1.13 bits per heavy atom. The van der Waals surface area contributed by atoms with Gasteiger partial charge in [-0.25, -0.2) is 4.42 Å². The Kier molecular flexibility index (Phi) is 3.81. The molecular weight excluding hydrogens is 206 g/mol. The van der Waals surface area contributed by atoms with Gasteiger partial charge >= 0.3 is 0 Å². The number of nitrogens with zero attached hydrogens (tertiary/aromatic N) is 1. The van der Waals surface area contributed by atoms with E-state index in [9.17, 15) is 0 Å². The summed E-state index contributed by atoms with van der Waals surface area (Å²) in [5, 5.41) is 0. The molecule has 0 N–H and O–H groups in total. The second-order valence-electron chi connectivity index (χ2n) is 3.97. The van der Waals surface area contributed by atoms with Gasteiger partial charge < -0.3 is 0 Å². The fourth-order valence-corrected chi connectivity index (χ4v) is 2.02. The maximum atomic E-state index is 5.89. The summed E-state index contributed by atoms with van der Waals surface area (Å²) >= 11 is 5.89. The number of hydrogen-bond acceptors (Lipinski definition) is 1. The summed E-state index contributed by atoms with van der Waals surface area (Å²) in [6.45, 7) is 1.88. The molecule has 1 aromatic rings. The van der Waals surface area contributed by atoms with E-state index in [2.05, 4.69) is 36.4 Å². The SMILES string of the molecule is ClN1CC=C(CCc2ccccc2)CC1. The molecular formula is C13H16ClN. The van der Waals surface area contributed by atoms with Crippen molar-refractivity contribution in [1.29, 1.82) is 0 Å². The van der Waals surface area contributed by atoms with E-state index in [1.54, 1.807) is 5.57 Å². The quantitative estimate of drug-likeness (QED) is 0.559. The van der Waals surface area contributed by atoms with Gasteiger partial charge in [0.15, 0.2) is 0 Å². The predicted molar refractivity (Wildman–Crippen MR) is 64.9 cm³/mol. The van der Waals surface area contributed by atoms with Crippen LogP contribution in [0, 0.1) is 0 Å². The minimum absolute atomic E-state index is 0.895. The van der Waals surface area contributed by atoms with E-state index in [1.165, 1.54) is 12.0 Å². The van der Waals surface area contributed by atoms with Gasteiger partial charge in [-0.2, -0.15) is 0 Å². The smallest absolute Gasteiger partial charge is 0.0322 e. The number of benzene rings is 1. The van der Waals surface area contributed by atoms with Crippen LogP contribution in [0.25, 0.3) is 0 Å². The third-order valence-corrected chi connectivity index (χ3v) is 3.14. The predicted octanol–water partition coefficient (Wildman–Crippen LogP) is 3.41. The first-order chi connectivity index (χ1) is 7.34. The molecule has 0 aromatic heterocycles. The largest absolute Gasteiger partial charge is 0.216 e. The average molecular weight is 222 g/mol. The van der Waals surface area contributed by atoms with Gasteiger partial charge in [0, 0.05) is 13.1 Å². The summed E-state index contributed by atoms with van der Waals surface area (Å²) in [7, 11) is 0. The molecule has 0 bridgehead atoms. The molecule has 1 aliphatic rings. The molecule has 2 rings (SSSR count). The van der Waals surface area contributed by atoms with E-state index in [0.717, 1.165) is 25.9 Å². The lowest BCUT2D eigenvalue weighted by Crippen LogP contribution is -2.19. The van der Waals surface area contributed by atoms with Crippen LogP contribution >= 0.6 is 11.8 Å². The van der Waals surface area contributed by atoms with Gasteiger partial charge in [-0.15, -0.1) is 0 Å². The zero-order valence-corrected chi connectivity index (χ0v) is 9.58. The standard InChI is InChI=1S/C13H16ClN/c14-15-10-8-13(9-11-15)7-6-12-4-2-1-3-5-12/h1-5,8H,6-7,9-11H2. The molecule has 1 aliphatic heterocycles. The number of hydrogen-bond donors (Lipinski definition) is 0. The molecule has 15 heavy (non-hydrogen) atoms. The van der Waals surface area contributed by atoms with Crippen molar-refractivity contribution in [3.05, 3.63) is 47.5 Å². The maximum Gasteiger partial charge on any atom is 0.0322 e. The zero-order valence-electron chi connectivity index (χ0n) is 8.82. The van der Waals surface area contributed by atoms with Crippen LogP contribution in [0.4, 0.5) is 0 Å². The number of aryl methyl sites for hydroxylation is 1. The number of halogens is 1. The second kappa shape index (κ2) is 5.34. The summed E-state index contributed by atoms with van der Waals surface area (Å²) in [6.07, 6.45) is 5.71. The summed E-state index contributed by atoms with van der Waals surface area (Å²) in [6, 6.07) is 10.7. The van der Waals surface area contributed by atoms with E-state index >= 15 is 0 Å². The summed E-state index contributed by atoms with van der Waals surface area (Å²) in [4.78, 5) is 0. The lowest BCUT2D eigenvalue weighted by molar-refractivity contribution is 0.476. The minimum atomic E-state index is 0.895. The van der Waals surface area contributed by atoms with Crippen LogP contribution in [-0.4, -0.2) is 17.5 Å². The Hall–Kier alpha value is -0.790. The van der Waals surface area contributed by atoms with Gasteiger partial charge in [-0.1, -0.05) is 42.0 Å². The molecule has 0 amide bonds. The van der Waals surface area contributed by atoms with E-state index in [-0.39, 0.29) is 0 Å². The molecule has 1 heterocycles. The molecule has 0 saturated heterocycles. The van der Waals surface area contributed by atoms with Crippen molar-refractivity contribution in [2.24, 2.45) is 0 Å². The van der Waals surface area contributed by atoms with E-state index in [4.69, 9.17) is 11.8 Å². The first-order valence-corrected chi connectivity index (χ1v) is 5.81. The van der Waals surface area contributed by atoms with Crippen LogP contribution in [0.3, 0.4) is 0 Å². The van der Waals surface area contributed by atoms with Crippen LogP contribution in [0.15, 0.2) is 42.0 Å². The Balaban J connectivity index is 1.84. The highest BCUT2D eigenvalue weighted by Crippen LogP contribution is 2.17. The molecule has 80 valence electrons. The van der Waals surface area contributed by atoms with Crippen LogP contribution < -0.4 is 0 Å². The fraction of sp³-hybridized carbons (Fsp3) is 0.385. The van der Waals surface area contributed by atoms with E-state index < -0.39 is 0 Å². The van der Waals surface area contributed by atoms with Crippen molar-refractivity contribution in [1.82, 2.24) is 4.42 Å². The van der Waals surface area contributed by atoms with Crippen LogP contribution in [0.2, 0.25) is 0 Å². The van der Waals surface area contributed by atoms with Crippen molar-refractivity contribution in [2.45, 2.75) is 19.3 Å². The fourth-order valence-electron chi connectivity index (χ4n) is 1.86. The van der Waals surface area contributed by atoms with Gasteiger partial charge in [0.2, 0.25) is 0 Å². The van der Waals surface area contributed by atoms with Gasteiger partial charge in [-0.3, -0.25) is 0 Å². The highest BCUT2D eigenvalue weighted by atomic mass is 35.5. The first kappa shape index (κ1) is 10.7. The first-order valence-electron chi connectivity index (χ1n) is 5.47. The van der Waals surface area contributed by atoms with Crippen LogP contribution in [0.1, 0.15) is 18.4 Å². The molecule has 0 fully saturated rings. The Labute approximate surface area is 96.5 Å². The molecule has 2 heteroatoms. The van der Waals surface area contributed by atoms with E-state index in [1.807, 2.05) is 4.42 Å². The van der Waals surface area contributed by atoms with Crippen LogP contribution in [0.5, 0.6) is 0 Å². The summed E-state index contributed by atoms with van der Waals surface area (Å²) in [5.74, 6) is 0. The third-order valence-electron chi connectivity index (χ3n) is 2.83. The van der Waals surface area contributed by atoms with Gasteiger partial charge in [-0.05, 0) is 36.6 Å². The molecule has 0 saturated carbocycles. The Morgan fingerprint density at radius 3 is 2.60 bits per heavy atom.